The lowest BCUT2D eigenvalue weighted by Crippen LogP contribution is -2.37. The van der Waals surface area contributed by atoms with E-state index in [1.54, 1.807) is 12.1 Å². The van der Waals surface area contributed by atoms with E-state index in [0.29, 0.717) is 16.2 Å². The van der Waals surface area contributed by atoms with Gasteiger partial charge in [0.2, 0.25) is 0 Å². The van der Waals surface area contributed by atoms with Crippen LogP contribution in [0.1, 0.15) is 73.3 Å². The zero-order valence-electron chi connectivity index (χ0n) is 21.3. The quantitative estimate of drug-likeness (QED) is 0.381. The van der Waals surface area contributed by atoms with Crippen molar-refractivity contribution in [3.05, 3.63) is 28.3 Å². The van der Waals surface area contributed by atoms with Crippen molar-refractivity contribution in [3.8, 4) is 0 Å². The summed E-state index contributed by atoms with van der Waals surface area (Å²) < 4.78 is 1.98. The van der Waals surface area contributed by atoms with Crippen molar-refractivity contribution in [3.63, 3.8) is 0 Å². The predicted molar refractivity (Wildman–Crippen MR) is 134 cm³/mol. The van der Waals surface area contributed by atoms with Crippen molar-refractivity contribution in [1.82, 2.24) is 9.55 Å². The SMILES string of the molecule is CC1(C)[C@H]2CC[C@@]1(C)[C@@H](Sc1nc3ccc([N+](=O)[O-])cc3n1[C@H]1C(=O)[C@H]3CC[C@@]1(C)C3(C)C)C2=O. The molecule has 1 aromatic heterocycles. The van der Waals surface area contributed by atoms with Crippen LogP contribution in [0.3, 0.4) is 0 Å². The molecule has 35 heavy (non-hydrogen) atoms. The lowest BCUT2D eigenvalue weighted by atomic mass is 9.69. The Bertz CT molecular complexity index is 1330. The van der Waals surface area contributed by atoms with Crippen LogP contribution >= 0.6 is 11.8 Å². The largest absolute Gasteiger partial charge is 0.307 e. The number of hydrogen-bond acceptors (Lipinski definition) is 6. The lowest BCUT2D eigenvalue weighted by molar-refractivity contribution is -0.384. The van der Waals surface area contributed by atoms with Crippen LogP contribution in [0, 0.1) is 43.6 Å². The molecule has 0 N–H and O–H groups in total. The van der Waals surface area contributed by atoms with Crippen LogP contribution in [0.4, 0.5) is 5.69 Å². The van der Waals surface area contributed by atoms with Crippen LogP contribution in [-0.4, -0.2) is 31.3 Å². The number of non-ortho nitro benzene ring substituents is 1. The Labute approximate surface area is 209 Å². The number of fused-ring (bicyclic) bond motifs is 5. The Morgan fingerprint density at radius 3 is 2.11 bits per heavy atom. The van der Waals surface area contributed by atoms with E-state index in [4.69, 9.17) is 4.98 Å². The number of Topliss-reactive ketones (excluding diaryl/α,β-unsaturated/α-hetero) is 2. The number of nitrogens with zero attached hydrogens (tertiary/aromatic N) is 3. The highest BCUT2D eigenvalue weighted by Crippen LogP contribution is 2.70. The summed E-state index contributed by atoms with van der Waals surface area (Å²) in [6.07, 6.45) is 3.73. The van der Waals surface area contributed by atoms with Crippen LogP contribution in [0.15, 0.2) is 23.4 Å². The maximum absolute atomic E-state index is 13.8. The molecule has 4 saturated carbocycles. The minimum Gasteiger partial charge on any atom is -0.307 e. The number of carbonyl (C=O) groups is 2. The third kappa shape index (κ3) is 2.57. The van der Waals surface area contributed by atoms with E-state index in [2.05, 4.69) is 41.5 Å². The van der Waals surface area contributed by atoms with Crippen LogP contribution in [0.25, 0.3) is 11.0 Å². The molecule has 7 nitrogen and oxygen atoms in total. The fourth-order valence-electron chi connectivity index (χ4n) is 8.22. The molecule has 186 valence electrons. The zero-order chi connectivity index (χ0) is 25.3. The molecule has 4 aliphatic carbocycles. The molecule has 4 bridgehead atoms. The first-order valence-corrected chi connectivity index (χ1v) is 13.5. The van der Waals surface area contributed by atoms with Gasteiger partial charge in [0.1, 0.15) is 11.8 Å². The van der Waals surface area contributed by atoms with Crippen LogP contribution in [-0.2, 0) is 9.59 Å². The molecule has 0 spiro atoms. The second-order valence-corrected chi connectivity index (χ2v) is 13.9. The molecule has 0 aliphatic heterocycles. The van der Waals surface area contributed by atoms with Gasteiger partial charge in [-0.2, -0.15) is 0 Å². The van der Waals surface area contributed by atoms with Gasteiger partial charge < -0.3 is 4.57 Å². The van der Waals surface area contributed by atoms with E-state index in [9.17, 15) is 19.7 Å². The number of imidazole rings is 1. The summed E-state index contributed by atoms with van der Waals surface area (Å²) in [5.74, 6) is 0.489. The van der Waals surface area contributed by atoms with E-state index in [1.807, 2.05) is 4.57 Å². The molecule has 8 heteroatoms. The fourth-order valence-corrected chi connectivity index (χ4v) is 9.86. The molecule has 2 aromatic rings. The van der Waals surface area contributed by atoms with E-state index >= 15 is 0 Å². The summed E-state index contributed by atoms with van der Waals surface area (Å²) in [6.45, 7) is 13.2. The number of rotatable bonds is 4. The molecular weight excluding hydrogens is 462 g/mol. The van der Waals surface area contributed by atoms with Gasteiger partial charge in [0.25, 0.3) is 5.69 Å². The third-order valence-electron chi connectivity index (χ3n) is 11.3. The van der Waals surface area contributed by atoms with Gasteiger partial charge in [-0.05, 0) is 48.0 Å². The van der Waals surface area contributed by atoms with Gasteiger partial charge in [0, 0.05) is 29.4 Å². The molecule has 0 saturated heterocycles. The Morgan fingerprint density at radius 1 is 0.971 bits per heavy atom. The third-order valence-corrected chi connectivity index (χ3v) is 12.8. The molecule has 6 atom stereocenters. The molecule has 0 amide bonds. The van der Waals surface area contributed by atoms with E-state index in [-0.39, 0.29) is 56.0 Å². The van der Waals surface area contributed by atoms with Gasteiger partial charge in [0.15, 0.2) is 10.9 Å². The minimum atomic E-state index is -0.444. The molecular formula is C27H33N3O4S. The second kappa shape index (κ2) is 6.75. The summed E-state index contributed by atoms with van der Waals surface area (Å²) in [5.41, 5.74) is 0.525. The highest BCUT2D eigenvalue weighted by molar-refractivity contribution is 8.00. The van der Waals surface area contributed by atoms with Crippen LogP contribution in [0.5, 0.6) is 0 Å². The summed E-state index contributed by atoms with van der Waals surface area (Å²) in [5, 5.41) is 12.0. The number of nitro groups is 1. The van der Waals surface area contributed by atoms with E-state index in [1.165, 1.54) is 17.8 Å². The molecule has 6 rings (SSSR count). The fraction of sp³-hybridized carbons (Fsp3) is 0.667. The summed E-state index contributed by atoms with van der Waals surface area (Å²) in [4.78, 5) is 43.5. The summed E-state index contributed by atoms with van der Waals surface area (Å²) in [6, 6.07) is 4.25. The van der Waals surface area contributed by atoms with Gasteiger partial charge in [-0.15, -0.1) is 0 Å². The van der Waals surface area contributed by atoms with E-state index in [0.717, 1.165) is 25.7 Å². The lowest BCUT2D eigenvalue weighted by Gasteiger charge is -2.40. The van der Waals surface area contributed by atoms with Gasteiger partial charge in [-0.25, -0.2) is 4.98 Å². The van der Waals surface area contributed by atoms with Gasteiger partial charge in [0.05, 0.1) is 21.2 Å². The van der Waals surface area contributed by atoms with Crippen molar-refractivity contribution in [1.29, 1.82) is 0 Å². The average molecular weight is 496 g/mol. The van der Waals surface area contributed by atoms with Crippen molar-refractivity contribution < 1.29 is 14.5 Å². The normalized spacial score (nSPS) is 38.7. The molecule has 4 aliphatic rings. The number of thioether (sulfide) groups is 1. The monoisotopic (exact) mass is 495 g/mol. The topological polar surface area (TPSA) is 95.1 Å². The number of hydrogen-bond donors (Lipinski definition) is 0. The average Bonchev–Trinajstić information content (AvgIpc) is 3.40. The maximum atomic E-state index is 13.8. The smallest absolute Gasteiger partial charge is 0.271 e. The molecule has 0 unspecified atom stereocenters. The van der Waals surface area contributed by atoms with Crippen LogP contribution in [0.2, 0.25) is 0 Å². The van der Waals surface area contributed by atoms with Crippen molar-refractivity contribution in [2.45, 2.75) is 83.7 Å². The van der Waals surface area contributed by atoms with E-state index < -0.39 is 11.0 Å². The van der Waals surface area contributed by atoms with Crippen molar-refractivity contribution in [2.24, 2.45) is 33.5 Å². The highest BCUT2D eigenvalue weighted by Gasteiger charge is 2.69. The number of nitro benzene ring substituents is 1. The molecule has 4 fully saturated rings. The van der Waals surface area contributed by atoms with Gasteiger partial charge >= 0.3 is 0 Å². The summed E-state index contributed by atoms with van der Waals surface area (Å²) >= 11 is 1.49. The predicted octanol–water partition coefficient (Wildman–Crippen LogP) is 6.00. The van der Waals surface area contributed by atoms with Gasteiger partial charge in [-0.3, -0.25) is 19.7 Å². The Balaban J connectivity index is 1.54. The number of carbonyl (C=O) groups excluding carboxylic acids is 2. The molecule has 1 aromatic carbocycles. The zero-order valence-corrected chi connectivity index (χ0v) is 22.1. The Morgan fingerprint density at radius 2 is 1.57 bits per heavy atom. The molecule has 0 radical (unpaired) electrons. The maximum Gasteiger partial charge on any atom is 0.271 e. The Hall–Kier alpha value is -2.22. The Kier molecular flexibility index (Phi) is 4.47. The second-order valence-electron chi connectivity index (χ2n) is 12.9. The number of benzene rings is 1. The minimum absolute atomic E-state index is 0.0145. The van der Waals surface area contributed by atoms with Crippen molar-refractivity contribution >= 4 is 40.0 Å². The van der Waals surface area contributed by atoms with Crippen LogP contribution < -0.4 is 0 Å². The number of aromatic nitrogens is 2. The van der Waals surface area contributed by atoms with Gasteiger partial charge in [-0.1, -0.05) is 53.3 Å². The first-order valence-electron chi connectivity index (χ1n) is 12.7. The summed E-state index contributed by atoms with van der Waals surface area (Å²) in [7, 11) is 0. The number of ketones is 2. The first-order chi connectivity index (χ1) is 16.3. The molecule has 1 heterocycles. The standard InChI is InChI=1S/C27H33N3O4S/c1-24(2)15-9-11-26(24,5)21(19(15)31)29-18-13-14(30(33)34)7-8-17(18)28-23(29)35-22-20(32)16-10-12-27(22,6)25(16,3)4/h7-8,13,15-16,21-22H,9-12H2,1-6H3/t15-,16+,21+,22+,26-,27+/m1/s1. The van der Waals surface area contributed by atoms with Crippen molar-refractivity contribution in [2.75, 3.05) is 0 Å². The highest BCUT2D eigenvalue weighted by atomic mass is 32.2. The first kappa shape index (κ1) is 23.2.